The third kappa shape index (κ3) is 2.46. The van der Waals surface area contributed by atoms with E-state index in [9.17, 15) is 9.90 Å². The molecular weight excluding hydrogens is 282 g/mol. The van der Waals surface area contributed by atoms with Gasteiger partial charge in [0.25, 0.3) is 5.91 Å². The van der Waals surface area contributed by atoms with E-state index in [4.69, 9.17) is 4.74 Å². The molecule has 0 aliphatic carbocycles. The highest BCUT2D eigenvalue weighted by Gasteiger charge is 2.27. The number of aliphatic hydroxyl groups is 1. The number of fused-ring (bicyclic) bond motifs is 3. The van der Waals surface area contributed by atoms with Crippen molar-refractivity contribution in [1.82, 2.24) is 15.5 Å². The van der Waals surface area contributed by atoms with Gasteiger partial charge in [-0.25, -0.2) is 0 Å². The molecule has 116 valence electrons. The number of hydrogen-bond acceptors (Lipinski definition) is 4. The number of rotatable bonds is 4. The van der Waals surface area contributed by atoms with Gasteiger partial charge in [-0.15, -0.1) is 0 Å². The summed E-state index contributed by atoms with van der Waals surface area (Å²) in [5.41, 5.74) is 2.76. The minimum atomic E-state index is -0.289. The van der Waals surface area contributed by atoms with E-state index in [-0.39, 0.29) is 24.5 Å². The number of benzene rings is 1. The van der Waals surface area contributed by atoms with E-state index in [1.807, 2.05) is 38.1 Å². The molecule has 0 spiro atoms. The Labute approximate surface area is 128 Å². The Morgan fingerprint density at radius 2 is 2.23 bits per heavy atom. The number of aromatic amines is 1. The first-order chi connectivity index (χ1) is 10.6. The second-order valence-electron chi connectivity index (χ2n) is 5.72. The summed E-state index contributed by atoms with van der Waals surface area (Å²) in [6.45, 7) is 4.10. The maximum atomic E-state index is 12.4. The van der Waals surface area contributed by atoms with Gasteiger partial charge >= 0.3 is 0 Å². The molecular formula is C16H19N3O3. The van der Waals surface area contributed by atoms with Crippen LogP contribution in [0.3, 0.4) is 0 Å². The fraction of sp³-hybridized carbons (Fsp3) is 0.375. The van der Waals surface area contributed by atoms with Crippen molar-refractivity contribution >= 4 is 5.91 Å². The van der Waals surface area contributed by atoms with Crippen molar-refractivity contribution in [3.63, 3.8) is 0 Å². The van der Waals surface area contributed by atoms with Gasteiger partial charge in [0, 0.05) is 11.1 Å². The summed E-state index contributed by atoms with van der Waals surface area (Å²) in [6, 6.07) is 7.32. The van der Waals surface area contributed by atoms with E-state index in [0.717, 1.165) is 22.6 Å². The first-order valence-corrected chi connectivity index (χ1v) is 7.33. The number of carbonyl (C=O) groups excluding carboxylic acids is 1. The van der Waals surface area contributed by atoms with Gasteiger partial charge in [0.1, 0.15) is 23.7 Å². The third-order valence-corrected chi connectivity index (χ3v) is 3.93. The topological polar surface area (TPSA) is 87.2 Å². The molecule has 0 fully saturated rings. The predicted octanol–water partition coefficient (Wildman–Crippen LogP) is 1.72. The summed E-state index contributed by atoms with van der Waals surface area (Å²) in [5, 5.41) is 19.2. The van der Waals surface area contributed by atoms with Crippen molar-refractivity contribution in [2.24, 2.45) is 5.92 Å². The van der Waals surface area contributed by atoms with Crippen LogP contribution in [0.4, 0.5) is 0 Å². The molecule has 0 bridgehead atoms. The number of amides is 1. The monoisotopic (exact) mass is 301 g/mol. The standard InChI is InChI=1S/C16H19N3O3/c1-9(2)12(7-20)17-16(21)15-11-8-22-13-6-4-3-5-10(13)14(11)18-19-15/h3-6,9,12,20H,7-8H2,1-2H3,(H,17,21)(H,18,19). The van der Waals surface area contributed by atoms with Crippen molar-refractivity contribution in [3.05, 3.63) is 35.5 Å². The highest BCUT2D eigenvalue weighted by molar-refractivity contribution is 5.96. The van der Waals surface area contributed by atoms with Crippen LogP contribution in [0.2, 0.25) is 0 Å². The summed E-state index contributed by atoms with van der Waals surface area (Å²) < 4.78 is 5.69. The number of H-pyrrole nitrogens is 1. The van der Waals surface area contributed by atoms with Crippen LogP contribution in [0.1, 0.15) is 29.9 Å². The Kier molecular flexibility index (Phi) is 3.85. The van der Waals surface area contributed by atoms with Gasteiger partial charge in [-0.3, -0.25) is 9.89 Å². The zero-order chi connectivity index (χ0) is 15.7. The van der Waals surface area contributed by atoms with E-state index < -0.39 is 0 Å². The molecule has 0 saturated heterocycles. The molecule has 6 heteroatoms. The molecule has 22 heavy (non-hydrogen) atoms. The van der Waals surface area contributed by atoms with Crippen molar-refractivity contribution in [2.75, 3.05) is 6.61 Å². The number of hydrogen-bond donors (Lipinski definition) is 3. The van der Waals surface area contributed by atoms with Crippen molar-refractivity contribution in [2.45, 2.75) is 26.5 Å². The molecule has 1 aliphatic heterocycles. The number of nitrogens with one attached hydrogen (secondary N) is 2. The van der Waals surface area contributed by atoms with Gasteiger partial charge in [-0.2, -0.15) is 5.10 Å². The molecule has 2 aromatic rings. The van der Waals surface area contributed by atoms with Gasteiger partial charge in [-0.1, -0.05) is 26.0 Å². The van der Waals surface area contributed by atoms with E-state index in [0.29, 0.717) is 12.3 Å². The minimum absolute atomic E-state index is 0.0981. The maximum Gasteiger partial charge on any atom is 0.270 e. The number of aliphatic hydroxyl groups excluding tert-OH is 1. The zero-order valence-electron chi connectivity index (χ0n) is 12.6. The fourth-order valence-electron chi connectivity index (χ4n) is 2.52. The normalized spacial score (nSPS) is 14.0. The minimum Gasteiger partial charge on any atom is -0.488 e. The molecule has 1 aromatic carbocycles. The van der Waals surface area contributed by atoms with Crippen LogP contribution in [0.5, 0.6) is 5.75 Å². The predicted molar refractivity (Wildman–Crippen MR) is 81.5 cm³/mol. The SMILES string of the molecule is CC(C)C(CO)NC(=O)c1[nH]nc2c1COc1ccccc1-2. The molecule has 1 aromatic heterocycles. The lowest BCUT2D eigenvalue weighted by molar-refractivity contribution is 0.0889. The largest absolute Gasteiger partial charge is 0.488 e. The van der Waals surface area contributed by atoms with Gasteiger partial charge in [0.2, 0.25) is 0 Å². The van der Waals surface area contributed by atoms with Crippen molar-refractivity contribution < 1.29 is 14.6 Å². The lowest BCUT2D eigenvalue weighted by Crippen LogP contribution is -2.41. The Balaban J connectivity index is 1.90. The summed E-state index contributed by atoms with van der Waals surface area (Å²) in [6.07, 6.45) is 0. The smallest absolute Gasteiger partial charge is 0.270 e. The molecule has 3 N–H and O–H groups in total. The average Bonchev–Trinajstić information content (AvgIpc) is 2.96. The van der Waals surface area contributed by atoms with Crippen LogP contribution in [-0.2, 0) is 6.61 Å². The maximum absolute atomic E-state index is 12.4. The van der Waals surface area contributed by atoms with Gasteiger partial charge in [-0.05, 0) is 18.1 Å². The number of carbonyl (C=O) groups is 1. The van der Waals surface area contributed by atoms with Crippen molar-refractivity contribution in [1.29, 1.82) is 0 Å². The van der Waals surface area contributed by atoms with Gasteiger partial charge < -0.3 is 15.2 Å². The molecule has 0 saturated carbocycles. The lowest BCUT2D eigenvalue weighted by Gasteiger charge is -2.20. The molecule has 3 rings (SSSR count). The van der Waals surface area contributed by atoms with Gasteiger partial charge in [0.15, 0.2) is 0 Å². The van der Waals surface area contributed by atoms with Crippen molar-refractivity contribution in [3.8, 4) is 17.0 Å². The fourth-order valence-corrected chi connectivity index (χ4v) is 2.52. The Hall–Kier alpha value is -2.34. The summed E-state index contributed by atoms with van der Waals surface area (Å²) in [5.74, 6) is 0.637. The Bertz CT molecular complexity index is 694. The zero-order valence-corrected chi connectivity index (χ0v) is 12.6. The van der Waals surface area contributed by atoms with Crippen LogP contribution >= 0.6 is 0 Å². The Morgan fingerprint density at radius 3 is 2.95 bits per heavy atom. The van der Waals surface area contributed by atoms with E-state index >= 15 is 0 Å². The van der Waals surface area contributed by atoms with E-state index in [1.165, 1.54) is 0 Å². The second kappa shape index (κ2) is 5.81. The molecule has 6 nitrogen and oxygen atoms in total. The molecule has 1 aliphatic rings. The number of nitrogens with zero attached hydrogens (tertiary/aromatic N) is 1. The summed E-state index contributed by atoms with van der Waals surface area (Å²) >= 11 is 0. The molecule has 2 heterocycles. The molecule has 1 amide bonds. The Morgan fingerprint density at radius 1 is 1.45 bits per heavy atom. The first kappa shape index (κ1) is 14.6. The lowest BCUT2D eigenvalue weighted by atomic mass is 10.0. The third-order valence-electron chi connectivity index (χ3n) is 3.93. The molecule has 1 atom stereocenters. The van der Waals surface area contributed by atoms with E-state index in [1.54, 1.807) is 0 Å². The quantitative estimate of drug-likeness (QED) is 0.802. The van der Waals surface area contributed by atoms with Crippen LogP contribution in [0.15, 0.2) is 24.3 Å². The summed E-state index contributed by atoms with van der Waals surface area (Å²) in [4.78, 5) is 12.4. The van der Waals surface area contributed by atoms with Gasteiger partial charge in [0.05, 0.1) is 12.6 Å². The van der Waals surface area contributed by atoms with Crippen LogP contribution in [-0.4, -0.2) is 33.9 Å². The van der Waals surface area contributed by atoms with E-state index in [2.05, 4.69) is 15.5 Å². The number of para-hydroxylation sites is 1. The van der Waals surface area contributed by atoms with Crippen LogP contribution < -0.4 is 10.1 Å². The highest BCUT2D eigenvalue weighted by Crippen LogP contribution is 2.36. The molecule has 0 radical (unpaired) electrons. The highest BCUT2D eigenvalue weighted by atomic mass is 16.5. The average molecular weight is 301 g/mol. The second-order valence-corrected chi connectivity index (χ2v) is 5.72. The number of aromatic nitrogens is 2. The van der Waals surface area contributed by atoms with Crippen LogP contribution in [0, 0.1) is 5.92 Å². The molecule has 1 unspecified atom stereocenters. The summed E-state index contributed by atoms with van der Waals surface area (Å²) in [7, 11) is 0. The van der Waals surface area contributed by atoms with Crippen LogP contribution in [0.25, 0.3) is 11.3 Å². The first-order valence-electron chi connectivity index (χ1n) is 7.33. The number of ether oxygens (including phenoxy) is 1.